The number of hydrogen-bond acceptors (Lipinski definition) is 6. The van der Waals surface area contributed by atoms with Gasteiger partial charge < -0.3 is 9.47 Å². The Hall–Kier alpha value is -4.23. The number of anilines is 1. The average Bonchev–Trinajstić information content (AvgIpc) is 2.85. The van der Waals surface area contributed by atoms with E-state index >= 15 is 0 Å². The van der Waals surface area contributed by atoms with E-state index in [2.05, 4.69) is 14.7 Å². The van der Waals surface area contributed by atoms with E-state index in [-0.39, 0.29) is 34.7 Å². The Labute approximate surface area is 204 Å². The van der Waals surface area contributed by atoms with Gasteiger partial charge in [-0.05, 0) is 30.3 Å². The number of pyridine rings is 2. The van der Waals surface area contributed by atoms with Gasteiger partial charge in [0.25, 0.3) is 5.91 Å². The Bertz CT molecular complexity index is 1290. The number of amides is 1. The highest BCUT2D eigenvalue weighted by atomic mass is 19.4. The quantitative estimate of drug-likeness (QED) is 0.324. The summed E-state index contributed by atoms with van der Waals surface area (Å²) in [5, 5.41) is 0. The standard InChI is InChI=1S/C23H16F7N3O4/c1-36-16-5-3-4-14(24)20(16)13-6-7-31-10-15(13)33(11-19(34)37-2)21(35)12-8-17(22(25,26)27)32-18(9-12)23(28,29)30/h3-10H,11H2,1-2H3. The van der Waals surface area contributed by atoms with E-state index in [1.165, 1.54) is 31.5 Å². The molecule has 0 saturated carbocycles. The van der Waals surface area contributed by atoms with Crippen LogP contribution in [0.4, 0.5) is 36.4 Å². The fourth-order valence-electron chi connectivity index (χ4n) is 3.31. The van der Waals surface area contributed by atoms with Crippen LogP contribution in [0.5, 0.6) is 5.75 Å². The van der Waals surface area contributed by atoms with Crippen molar-refractivity contribution in [1.29, 1.82) is 0 Å². The molecule has 0 spiro atoms. The third kappa shape index (κ3) is 5.95. The molecule has 0 saturated heterocycles. The summed E-state index contributed by atoms with van der Waals surface area (Å²) in [6.45, 7) is -0.962. The van der Waals surface area contributed by atoms with Gasteiger partial charge in [-0.1, -0.05) is 6.07 Å². The van der Waals surface area contributed by atoms with Crippen LogP contribution in [0.3, 0.4) is 0 Å². The Morgan fingerprint density at radius 3 is 2.14 bits per heavy atom. The van der Waals surface area contributed by atoms with Gasteiger partial charge >= 0.3 is 18.3 Å². The van der Waals surface area contributed by atoms with Gasteiger partial charge in [0, 0.05) is 17.3 Å². The van der Waals surface area contributed by atoms with E-state index in [1.807, 2.05) is 0 Å². The second kappa shape index (κ2) is 10.4. The minimum absolute atomic E-state index is 0.0134. The number of methoxy groups -OCH3 is 2. The number of halogens is 7. The van der Waals surface area contributed by atoms with Crippen LogP contribution >= 0.6 is 0 Å². The van der Waals surface area contributed by atoms with Crippen LogP contribution in [0.25, 0.3) is 11.1 Å². The summed E-state index contributed by atoms with van der Waals surface area (Å²) in [5.41, 5.74) is -5.67. The maximum atomic E-state index is 14.8. The van der Waals surface area contributed by atoms with Gasteiger partial charge in [0.05, 0.1) is 31.7 Å². The molecule has 196 valence electrons. The lowest BCUT2D eigenvalue weighted by Crippen LogP contribution is -2.37. The predicted molar refractivity (Wildman–Crippen MR) is 114 cm³/mol. The number of ether oxygens (including phenoxy) is 2. The predicted octanol–water partition coefficient (Wildman–Crippen LogP) is 5.15. The fourth-order valence-corrected chi connectivity index (χ4v) is 3.31. The maximum absolute atomic E-state index is 14.8. The first-order valence-electron chi connectivity index (χ1n) is 10.1. The monoisotopic (exact) mass is 531 g/mol. The number of rotatable bonds is 6. The molecule has 3 rings (SSSR count). The van der Waals surface area contributed by atoms with E-state index < -0.39 is 53.5 Å². The van der Waals surface area contributed by atoms with Gasteiger partial charge in [-0.2, -0.15) is 26.3 Å². The smallest absolute Gasteiger partial charge is 0.433 e. The van der Waals surface area contributed by atoms with Gasteiger partial charge in [0.1, 0.15) is 29.5 Å². The third-order valence-corrected chi connectivity index (χ3v) is 4.97. The second-order valence-corrected chi connectivity index (χ2v) is 7.30. The third-order valence-electron chi connectivity index (χ3n) is 4.97. The van der Waals surface area contributed by atoms with E-state index in [0.29, 0.717) is 4.90 Å². The number of esters is 1. The first-order chi connectivity index (χ1) is 17.3. The van der Waals surface area contributed by atoms with Crippen molar-refractivity contribution in [2.45, 2.75) is 12.4 Å². The molecule has 0 bridgehead atoms. The molecule has 0 fully saturated rings. The molecule has 37 heavy (non-hydrogen) atoms. The minimum Gasteiger partial charge on any atom is -0.496 e. The number of nitrogens with zero attached hydrogens (tertiary/aromatic N) is 3. The van der Waals surface area contributed by atoms with Crippen molar-refractivity contribution in [3.8, 4) is 16.9 Å². The van der Waals surface area contributed by atoms with Crippen molar-refractivity contribution >= 4 is 17.6 Å². The van der Waals surface area contributed by atoms with Crippen molar-refractivity contribution < 1.29 is 49.8 Å². The highest BCUT2D eigenvalue weighted by molar-refractivity contribution is 6.10. The Morgan fingerprint density at radius 2 is 1.59 bits per heavy atom. The zero-order valence-electron chi connectivity index (χ0n) is 18.9. The van der Waals surface area contributed by atoms with Crippen LogP contribution in [-0.4, -0.2) is 42.6 Å². The van der Waals surface area contributed by atoms with E-state index in [9.17, 15) is 40.3 Å². The van der Waals surface area contributed by atoms with Gasteiger partial charge in [0.15, 0.2) is 0 Å². The molecule has 0 radical (unpaired) electrons. The number of alkyl halides is 6. The van der Waals surface area contributed by atoms with Crippen LogP contribution in [0, 0.1) is 5.82 Å². The summed E-state index contributed by atoms with van der Waals surface area (Å²) >= 11 is 0. The van der Waals surface area contributed by atoms with Crippen molar-refractivity contribution in [3.05, 3.63) is 71.6 Å². The highest BCUT2D eigenvalue weighted by Gasteiger charge is 2.40. The van der Waals surface area contributed by atoms with E-state index in [1.54, 1.807) is 0 Å². The summed E-state index contributed by atoms with van der Waals surface area (Å²) in [6.07, 6.45) is -8.48. The van der Waals surface area contributed by atoms with E-state index in [0.717, 1.165) is 19.4 Å². The van der Waals surface area contributed by atoms with Crippen LogP contribution in [0.2, 0.25) is 0 Å². The molecule has 0 aliphatic heterocycles. The van der Waals surface area contributed by atoms with Crippen molar-refractivity contribution in [3.63, 3.8) is 0 Å². The summed E-state index contributed by atoms with van der Waals surface area (Å²) in [4.78, 5) is 32.4. The molecule has 0 aliphatic rings. The molecule has 14 heteroatoms. The van der Waals surface area contributed by atoms with Crippen molar-refractivity contribution in [2.24, 2.45) is 0 Å². The molecule has 1 amide bonds. The molecule has 2 heterocycles. The average molecular weight is 531 g/mol. The summed E-state index contributed by atoms with van der Waals surface area (Å²) in [5.74, 6) is -3.39. The first kappa shape index (κ1) is 27.4. The molecule has 0 unspecified atom stereocenters. The molecule has 7 nitrogen and oxygen atoms in total. The van der Waals surface area contributed by atoms with Crippen LogP contribution in [-0.2, 0) is 21.9 Å². The van der Waals surface area contributed by atoms with Crippen LogP contribution in [0.1, 0.15) is 21.7 Å². The lowest BCUT2D eigenvalue weighted by atomic mass is 10.0. The van der Waals surface area contributed by atoms with E-state index in [4.69, 9.17) is 4.74 Å². The van der Waals surface area contributed by atoms with Crippen molar-refractivity contribution in [2.75, 3.05) is 25.7 Å². The summed E-state index contributed by atoms with van der Waals surface area (Å²) in [7, 11) is 2.18. The molecular weight excluding hydrogens is 515 g/mol. The van der Waals surface area contributed by atoms with Gasteiger partial charge in [-0.25, -0.2) is 9.37 Å². The number of carbonyl (C=O) groups excluding carboxylic acids is 2. The Kier molecular flexibility index (Phi) is 7.69. The number of carbonyl (C=O) groups is 2. The topological polar surface area (TPSA) is 81.6 Å². The first-order valence-corrected chi connectivity index (χ1v) is 10.1. The van der Waals surface area contributed by atoms with Crippen LogP contribution in [0.15, 0.2) is 48.8 Å². The lowest BCUT2D eigenvalue weighted by Gasteiger charge is -2.25. The summed E-state index contributed by atoms with van der Waals surface area (Å²) in [6, 6.07) is 5.21. The largest absolute Gasteiger partial charge is 0.496 e. The van der Waals surface area contributed by atoms with Gasteiger partial charge in [0.2, 0.25) is 0 Å². The molecule has 1 aromatic carbocycles. The normalized spacial score (nSPS) is 11.7. The van der Waals surface area contributed by atoms with Crippen LogP contribution < -0.4 is 9.64 Å². The molecule has 0 atom stereocenters. The molecule has 0 N–H and O–H groups in total. The van der Waals surface area contributed by atoms with Crippen molar-refractivity contribution in [1.82, 2.24) is 9.97 Å². The van der Waals surface area contributed by atoms with Gasteiger partial charge in [-0.3, -0.25) is 19.5 Å². The zero-order valence-corrected chi connectivity index (χ0v) is 18.9. The molecule has 2 aromatic heterocycles. The lowest BCUT2D eigenvalue weighted by molar-refractivity contribution is -0.150. The number of aromatic nitrogens is 2. The highest BCUT2D eigenvalue weighted by Crippen LogP contribution is 2.39. The molecular formula is C23H16F7N3O4. The molecule has 3 aromatic rings. The van der Waals surface area contributed by atoms with Gasteiger partial charge in [-0.15, -0.1) is 0 Å². The Morgan fingerprint density at radius 1 is 0.973 bits per heavy atom. The number of hydrogen-bond donors (Lipinski definition) is 0. The number of benzene rings is 1. The fraction of sp³-hybridized carbons (Fsp3) is 0.217. The minimum atomic E-state index is -5.33. The second-order valence-electron chi connectivity index (χ2n) is 7.30. The Balaban J connectivity index is 2.27. The molecule has 0 aliphatic carbocycles. The SMILES string of the molecule is COC(=O)CN(C(=O)c1cc(C(F)(F)F)nc(C(F)(F)F)c1)c1cnccc1-c1c(F)cccc1OC. The summed E-state index contributed by atoms with van der Waals surface area (Å²) < 4.78 is 104. The zero-order chi connectivity index (χ0) is 27.5. The maximum Gasteiger partial charge on any atom is 0.433 e.